The summed E-state index contributed by atoms with van der Waals surface area (Å²) in [5, 5.41) is 14.0. The molecule has 0 aliphatic carbocycles. The summed E-state index contributed by atoms with van der Waals surface area (Å²) in [6, 6.07) is 9.83. The molecule has 1 aromatic carbocycles. The zero-order valence-electron chi connectivity index (χ0n) is 11.0. The molecule has 4 heteroatoms. The number of phenolic OH excluding ortho intramolecular Hbond substituents is 1. The van der Waals surface area contributed by atoms with Crippen molar-refractivity contribution in [2.75, 3.05) is 6.54 Å². The van der Waals surface area contributed by atoms with Gasteiger partial charge in [-0.3, -0.25) is 4.90 Å². The first-order chi connectivity index (χ1) is 9.24. The van der Waals surface area contributed by atoms with Crippen molar-refractivity contribution in [2.45, 2.75) is 32.4 Å². The molecule has 0 spiro atoms. The lowest BCUT2D eigenvalue weighted by Crippen LogP contribution is -2.23. The van der Waals surface area contributed by atoms with Gasteiger partial charge in [-0.05, 0) is 32.4 Å². The number of phenols is 1. The first-order valence-electron chi connectivity index (χ1n) is 6.68. The Kier molecular flexibility index (Phi) is 3.25. The number of aromatic hydroxyl groups is 1. The van der Waals surface area contributed by atoms with Gasteiger partial charge < -0.3 is 9.63 Å². The molecule has 0 amide bonds. The van der Waals surface area contributed by atoms with Crippen molar-refractivity contribution in [3.63, 3.8) is 0 Å². The van der Waals surface area contributed by atoms with Crippen molar-refractivity contribution >= 4 is 0 Å². The van der Waals surface area contributed by atoms with Gasteiger partial charge in [0.2, 0.25) is 0 Å². The Balaban J connectivity index is 1.79. The maximum atomic E-state index is 9.87. The Bertz CT molecular complexity index is 565. The third-order valence-electron chi connectivity index (χ3n) is 3.72. The van der Waals surface area contributed by atoms with E-state index in [1.54, 1.807) is 6.07 Å². The molecule has 1 saturated heterocycles. The highest BCUT2D eigenvalue weighted by atomic mass is 16.5. The molecule has 1 aliphatic rings. The highest BCUT2D eigenvalue weighted by Gasteiger charge is 2.28. The van der Waals surface area contributed by atoms with Gasteiger partial charge in [-0.1, -0.05) is 23.4 Å². The van der Waals surface area contributed by atoms with E-state index in [0.717, 1.165) is 42.9 Å². The zero-order valence-corrected chi connectivity index (χ0v) is 11.0. The zero-order chi connectivity index (χ0) is 13.2. The largest absolute Gasteiger partial charge is 0.508 e. The van der Waals surface area contributed by atoms with Crippen LogP contribution in [0.2, 0.25) is 0 Å². The smallest absolute Gasteiger partial charge is 0.133 e. The van der Waals surface area contributed by atoms with Gasteiger partial charge in [0.05, 0.1) is 6.04 Å². The summed E-state index contributed by atoms with van der Waals surface area (Å²) in [5.74, 6) is 1.22. The van der Waals surface area contributed by atoms with Crippen LogP contribution in [0, 0.1) is 6.92 Å². The van der Waals surface area contributed by atoms with Crippen molar-refractivity contribution in [1.82, 2.24) is 10.1 Å². The van der Waals surface area contributed by atoms with Gasteiger partial charge in [-0.2, -0.15) is 0 Å². The minimum atomic E-state index is 0.303. The van der Waals surface area contributed by atoms with Crippen molar-refractivity contribution in [1.29, 1.82) is 0 Å². The molecule has 0 bridgehead atoms. The Morgan fingerprint density at radius 3 is 3.00 bits per heavy atom. The maximum absolute atomic E-state index is 9.87. The van der Waals surface area contributed by atoms with Crippen LogP contribution in [0.3, 0.4) is 0 Å². The number of hydrogen-bond donors (Lipinski definition) is 1. The Morgan fingerprint density at radius 2 is 2.26 bits per heavy atom. The minimum Gasteiger partial charge on any atom is -0.508 e. The summed E-state index contributed by atoms with van der Waals surface area (Å²) < 4.78 is 5.17. The fraction of sp³-hybridized carbons (Fsp3) is 0.400. The molecular weight excluding hydrogens is 240 g/mol. The molecule has 0 unspecified atom stereocenters. The van der Waals surface area contributed by atoms with Crippen molar-refractivity contribution < 1.29 is 9.63 Å². The summed E-state index contributed by atoms with van der Waals surface area (Å²) in [7, 11) is 0. The van der Waals surface area contributed by atoms with Crippen LogP contribution in [0.25, 0.3) is 0 Å². The van der Waals surface area contributed by atoms with E-state index in [-0.39, 0.29) is 0 Å². The van der Waals surface area contributed by atoms with Gasteiger partial charge >= 0.3 is 0 Å². The van der Waals surface area contributed by atoms with Gasteiger partial charge in [0.25, 0.3) is 0 Å². The molecule has 1 N–H and O–H groups in total. The summed E-state index contributed by atoms with van der Waals surface area (Å²) in [6.07, 6.45) is 2.25. The predicted molar refractivity (Wildman–Crippen MR) is 71.7 cm³/mol. The second-order valence-electron chi connectivity index (χ2n) is 5.12. The molecule has 3 rings (SSSR count). The molecule has 100 valence electrons. The average Bonchev–Trinajstić information content (AvgIpc) is 3.01. The normalized spacial score (nSPS) is 19.9. The molecule has 1 aliphatic heterocycles. The van der Waals surface area contributed by atoms with Crippen LogP contribution < -0.4 is 0 Å². The fourth-order valence-electron chi connectivity index (χ4n) is 2.76. The Labute approximate surface area is 112 Å². The van der Waals surface area contributed by atoms with Crippen molar-refractivity contribution in [2.24, 2.45) is 0 Å². The first kappa shape index (κ1) is 12.2. The third kappa shape index (κ3) is 2.49. The third-order valence-corrected chi connectivity index (χ3v) is 3.72. The predicted octanol–water partition coefficient (Wildman–Crippen LogP) is 3.03. The fourth-order valence-corrected chi connectivity index (χ4v) is 2.76. The monoisotopic (exact) mass is 258 g/mol. The van der Waals surface area contributed by atoms with E-state index >= 15 is 0 Å². The van der Waals surface area contributed by atoms with Gasteiger partial charge in [0.1, 0.15) is 17.2 Å². The van der Waals surface area contributed by atoms with Crippen LogP contribution >= 0.6 is 0 Å². The van der Waals surface area contributed by atoms with Crippen LogP contribution in [0.1, 0.15) is 35.9 Å². The summed E-state index contributed by atoms with van der Waals surface area (Å²) >= 11 is 0. The highest BCUT2D eigenvalue weighted by Crippen LogP contribution is 2.33. The average molecular weight is 258 g/mol. The van der Waals surface area contributed by atoms with E-state index in [9.17, 15) is 5.11 Å². The first-order valence-corrected chi connectivity index (χ1v) is 6.68. The molecule has 4 nitrogen and oxygen atoms in total. The van der Waals surface area contributed by atoms with E-state index in [1.807, 2.05) is 31.2 Å². The van der Waals surface area contributed by atoms with Gasteiger partial charge in [-0.25, -0.2) is 0 Å². The summed E-state index contributed by atoms with van der Waals surface area (Å²) in [6.45, 7) is 3.70. The number of likely N-dealkylation sites (tertiary alicyclic amines) is 1. The number of benzene rings is 1. The van der Waals surface area contributed by atoms with Gasteiger partial charge in [0, 0.05) is 18.2 Å². The van der Waals surface area contributed by atoms with E-state index < -0.39 is 0 Å². The molecule has 0 radical (unpaired) electrons. The van der Waals surface area contributed by atoms with Crippen molar-refractivity contribution in [3.8, 4) is 5.75 Å². The number of rotatable bonds is 3. The van der Waals surface area contributed by atoms with Gasteiger partial charge in [0.15, 0.2) is 0 Å². The lowest BCUT2D eigenvalue weighted by atomic mass is 10.1. The summed E-state index contributed by atoms with van der Waals surface area (Å²) in [4.78, 5) is 2.35. The second-order valence-corrected chi connectivity index (χ2v) is 5.12. The Hall–Kier alpha value is -1.81. The molecule has 0 saturated carbocycles. The number of hydrogen-bond acceptors (Lipinski definition) is 4. The summed E-state index contributed by atoms with van der Waals surface area (Å²) in [5.41, 5.74) is 1.97. The Morgan fingerprint density at radius 1 is 1.42 bits per heavy atom. The van der Waals surface area contributed by atoms with Crippen molar-refractivity contribution in [3.05, 3.63) is 47.3 Å². The minimum absolute atomic E-state index is 0.303. The molecule has 2 aromatic rings. The second kappa shape index (κ2) is 5.05. The van der Waals surface area contributed by atoms with Gasteiger partial charge in [-0.15, -0.1) is 0 Å². The molecule has 1 fully saturated rings. The van der Waals surface area contributed by atoms with Crippen LogP contribution in [-0.2, 0) is 6.54 Å². The topological polar surface area (TPSA) is 49.5 Å². The maximum Gasteiger partial charge on any atom is 0.133 e. The van der Waals surface area contributed by atoms with E-state index in [4.69, 9.17) is 4.52 Å². The lowest BCUT2D eigenvalue weighted by Gasteiger charge is -2.22. The van der Waals surface area contributed by atoms with Crippen LogP contribution in [0.4, 0.5) is 0 Å². The molecular formula is C15H18N2O2. The number of aryl methyl sites for hydroxylation is 1. The van der Waals surface area contributed by atoms with Crippen LogP contribution in [0.5, 0.6) is 5.75 Å². The molecule has 1 atom stereocenters. The standard InChI is InChI=1S/C15H18N2O2/c1-11-9-13(16-19-11)14-6-4-8-17(14)10-12-5-2-3-7-15(12)18/h2-3,5,7,9,14,18H,4,6,8,10H2,1H3/t14-/m1/s1. The number of aromatic nitrogens is 1. The number of nitrogens with zero attached hydrogens (tertiary/aromatic N) is 2. The quantitative estimate of drug-likeness (QED) is 0.919. The van der Waals surface area contributed by atoms with E-state index in [2.05, 4.69) is 10.1 Å². The highest BCUT2D eigenvalue weighted by molar-refractivity contribution is 5.31. The molecule has 19 heavy (non-hydrogen) atoms. The SMILES string of the molecule is Cc1cc([C@H]2CCCN2Cc2ccccc2O)no1. The van der Waals surface area contributed by atoms with E-state index in [1.165, 1.54) is 0 Å². The van der Waals surface area contributed by atoms with Crippen LogP contribution in [-0.4, -0.2) is 21.7 Å². The molecule has 1 aromatic heterocycles. The van der Waals surface area contributed by atoms with Crippen LogP contribution in [0.15, 0.2) is 34.9 Å². The lowest BCUT2D eigenvalue weighted by molar-refractivity contribution is 0.234. The number of para-hydroxylation sites is 1. The molecule has 2 heterocycles. The van der Waals surface area contributed by atoms with E-state index in [0.29, 0.717) is 11.8 Å².